The molecular weight excluding hydrogens is 258 g/mol. The topological polar surface area (TPSA) is 44.5 Å². The fourth-order valence-corrected chi connectivity index (χ4v) is 2.57. The highest BCUT2D eigenvalue weighted by molar-refractivity contribution is 7.80. The van der Waals surface area contributed by atoms with Gasteiger partial charge < -0.3 is 15.2 Å². The highest BCUT2D eigenvalue weighted by Crippen LogP contribution is 2.27. The molecule has 1 aromatic rings. The molecule has 19 heavy (non-hydrogen) atoms. The third kappa shape index (κ3) is 4.10. The van der Waals surface area contributed by atoms with Crippen molar-refractivity contribution >= 4 is 17.2 Å². The summed E-state index contributed by atoms with van der Waals surface area (Å²) in [5, 5.41) is 0. The van der Waals surface area contributed by atoms with E-state index in [2.05, 4.69) is 0 Å². The van der Waals surface area contributed by atoms with E-state index < -0.39 is 0 Å². The van der Waals surface area contributed by atoms with Gasteiger partial charge in [-0.05, 0) is 37.8 Å². The third-order valence-corrected chi connectivity index (χ3v) is 3.74. The highest BCUT2D eigenvalue weighted by Gasteiger charge is 2.14. The number of methoxy groups -OCH3 is 1. The van der Waals surface area contributed by atoms with Crippen LogP contribution in [-0.2, 0) is 0 Å². The third-order valence-electron chi connectivity index (χ3n) is 3.51. The molecule has 0 amide bonds. The van der Waals surface area contributed by atoms with Gasteiger partial charge in [0.25, 0.3) is 0 Å². The van der Waals surface area contributed by atoms with Gasteiger partial charge in [-0.2, -0.15) is 0 Å². The van der Waals surface area contributed by atoms with Crippen molar-refractivity contribution < 1.29 is 9.47 Å². The molecule has 0 atom stereocenters. The molecule has 4 heteroatoms. The van der Waals surface area contributed by atoms with Crippen LogP contribution < -0.4 is 15.2 Å². The highest BCUT2D eigenvalue weighted by atomic mass is 32.1. The molecule has 0 heterocycles. The largest absolute Gasteiger partial charge is 0.497 e. The van der Waals surface area contributed by atoms with E-state index in [-0.39, 0.29) is 0 Å². The molecule has 1 aliphatic rings. The molecule has 2 N–H and O–H groups in total. The molecular formula is C15H21NO2S. The maximum atomic E-state index is 6.07. The Morgan fingerprint density at radius 2 is 1.74 bits per heavy atom. The smallest absolute Gasteiger partial charge is 0.124 e. The summed E-state index contributed by atoms with van der Waals surface area (Å²) >= 11 is 5.02. The van der Waals surface area contributed by atoms with Gasteiger partial charge in [-0.3, -0.25) is 0 Å². The molecule has 0 saturated heterocycles. The number of hydrogen-bond donors (Lipinski definition) is 1. The second-order valence-electron chi connectivity index (χ2n) is 4.99. The van der Waals surface area contributed by atoms with E-state index in [4.69, 9.17) is 27.4 Å². The molecule has 0 bridgehead atoms. The van der Waals surface area contributed by atoms with Crippen molar-refractivity contribution in [2.45, 2.75) is 44.6 Å². The zero-order valence-corrected chi connectivity index (χ0v) is 12.2. The quantitative estimate of drug-likeness (QED) is 0.677. The van der Waals surface area contributed by atoms with Crippen LogP contribution in [0.4, 0.5) is 0 Å². The van der Waals surface area contributed by atoms with E-state index in [1.54, 1.807) is 7.11 Å². The first-order chi connectivity index (χ1) is 9.19. The summed E-state index contributed by atoms with van der Waals surface area (Å²) in [5.41, 5.74) is 6.47. The molecule has 0 radical (unpaired) electrons. The van der Waals surface area contributed by atoms with Crippen molar-refractivity contribution in [1.82, 2.24) is 0 Å². The molecule has 2 rings (SSSR count). The first-order valence-electron chi connectivity index (χ1n) is 6.84. The van der Waals surface area contributed by atoms with Gasteiger partial charge in [0.15, 0.2) is 0 Å². The maximum absolute atomic E-state index is 6.07. The van der Waals surface area contributed by atoms with Crippen LogP contribution in [0.15, 0.2) is 18.2 Å². The number of nitrogens with two attached hydrogens (primary N) is 1. The number of thiocarbonyl (C=S) groups is 1. The minimum atomic E-state index is 0.300. The fraction of sp³-hybridized carbons (Fsp3) is 0.533. The van der Waals surface area contributed by atoms with Crippen LogP contribution in [0, 0.1) is 0 Å². The summed E-state index contributed by atoms with van der Waals surface area (Å²) in [7, 11) is 1.63. The van der Waals surface area contributed by atoms with E-state index in [1.165, 1.54) is 25.7 Å². The lowest BCUT2D eigenvalue weighted by molar-refractivity contribution is 0.183. The number of benzene rings is 1. The number of hydrogen-bond acceptors (Lipinski definition) is 3. The molecule has 0 spiro atoms. The second kappa shape index (κ2) is 6.75. The first-order valence-corrected chi connectivity index (χ1v) is 7.25. The Morgan fingerprint density at radius 3 is 2.32 bits per heavy atom. The van der Waals surface area contributed by atoms with Crippen LogP contribution in [0.1, 0.15) is 44.1 Å². The molecule has 0 aliphatic heterocycles. The van der Waals surface area contributed by atoms with Crippen LogP contribution in [-0.4, -0.2) is 18.2 Å². The Kier molecular flexibility index (Phi) is 5.02. The molecule has 0 aromatic heterocycles. The summed E-state index contributed by atoms with van der Waals surface area (Å²) in [5.74, 6) is 1.53. The Morgan fingerprint density at radius 1 is 1.11 bits per heavy atom. The van der Waals surface area contributed by atoms with Crippen molar-refractivity contribution in [1.29, 1.82) is 0 Å². The first kappa shape index (κ1) is 14.1. The van der Waals surface area contributed by atoms with E-state index in [1.807, 2.05) is 18.2 Å². The number of ether oxygens (including phenoxy) is 2. The van der Waals surface area contributed by atoms with Gasteiger partial charge in [0.2, 0.25) is 0 Å². The monoisotopic (exact) mass is 279 g/mol. The molecule has 1 aliphatic carbocycles. The van der Waals surface area contributed by atoms with Gasteiger partial charge in [-0.1, -0.05) is 25.1 Å². The summed E-state index contributed by atoms with van der Waals surface area (Å²) in [6, 6.07) is 5.63. The molecule has 3 nitrogen and oxygen atoms in total. The summed E-state index contributed by atoms with van der Waals surface area (Å²) in [6.07, 6.45) is 7.67. The van der Waals surface area contributed by atoms with Gasteiger partial charge >= 0.3 is 0 Å². The summed E-state index contributed by atoms with van der Waals surface area (Å²) < 4.78 is 11.3. The van der Waals surface area contributed by atoms with Crippen molar-refractivity contribution in [2.75, 3.05) is 7.11 Å². The van der Waals surface area contributed by atoms with E-state index >= 15 is 0 Å². The average molecular weight is 279 g/mol. The van der Waals surface area contributed by atoms with Gasteiger partial charge in [0, 0.05) is 11.6 Å². The standard InChI is InChI=1S/C15H21NO2S/c1-17-13-8-11(15(16)19)9-14(10-13)18-12-6-4-2-3-5-7-12/h8-10,12H,2-7H2,1H3,(H2,16,19). The molecule has 1 saturated carbocycles. The predicted molar refractivity (Wildman–Crippen MR) is 81.0 cm³/mol. The zero-order chi connectivity index (χ0) is 13.7. The van der Waals surface area contributed by atoms with Crippen LogP contribution in [0.2, 0.25) is 0 Å². The average Bonchev–Trinajstić information content (AvgIpc) is 2.67. The van der Waals surface area contributed by atoms with E-state index in [0.29, 0.717) is 11.1 Å². The zero-order valence-electron chi connectivity index (χ0n) is 11.4. The Labute approximate surface area is 120 Å². The lowest BCUT2D eigenvalue weighted by Gasteiger charge is -2.18. The minimum absolute atomic E-state index is 0.300. The lowest BCUT2D eigenvalue weighted by Crippen LogP contribution is -2.16. The van der Waals surface area contributed by atoms with Crippen LogP contribution in [0.25, 0.3) is 0 Å². The normalized spacial score (nSPS) is 16.7. The van der Waals surface area contributed by atoms with Gasteiger partial charge in [-0.25, -0.2) is 0 Å². The maximum Gasteiger partial charge on any atom is 0.124 e. The van der Waals surface area contributed by atoms with Crippen molar-refractivity contribution in [3.8, 4) is 11.5 Å². The molecule has 1 aromatic carbocycles. The summed E-state index contributed by atoms with van der Waals surface area (Å²) in [6.45, 7) is 0. The van der Waals surface area contributed by atoms with Crippen LogP contribution in [0.3, 0.4) is 0 Å². The molecule has 104 valence electrons. The predicted octanol–water partition coefficient (Wildman–Crippen LogP) is 3.43. The van der Waals surface area contributed by atoms with Crippen LogP contribution in [0.5, 0.6) is 11.5 Å². The van der Waals surface area contributed by atoms with Crippen molar-refractivity contribution in [3.63, 3.8) is 0 Å². The van der Waals surface area contributed by atoms with Gasteiger partial charge in [0.1, 0.15) is 16.5 Å². The summed E-state index contributed by atoms with van der Waals surface area (Å²) in [4.78, 5) is 0.365. The molecule has 0 unspecified atom stereocenters. The lowest BCUT2D eigenvalue weighted by atomic mass is 10.1. The second-order valence-corrected chi connectivity index (χ2v) is 5.43. The van der Waals surface area contributed by atoms with E-state index in [0.717, 1.165) is 29.9 Å². The Hall–Kier alpha value is -1.29. The fourth-order valence-electron chi connectivity index (χ4n) is 2.45. The van der Waals surface area contributed by atoms with Gasteiger partial charge in [-0.15, -0.1) is 0 Å². The van der Waals surface area contributed by atoms with Gasteiger partial charge in [0.05, 0.1) is 13.2 Å². The Bertz CT molecular complexity index is 440. The van der Waals surface area contributed by atoms with Crippen molar-refractivity contribution in [3.05, 3.63) is 23.8 Å². The number of rotatable bonds is 4. The van der Waals surface area contributed by atoms with Crippen molar-refractivity contribution in [2.24, 2.45) is 5.73 Å². The molecule has 1 fully saturated rings. The van der Waals surface area contributed by atoms with E-state index in [9.17, 15) is 0 Å². The van der Waals surface area contributed by atoms with Crippen LogP contribution >= 0.6 is 12.2 Å². The minimum Gasteiger partial charge on any atom is -0.497 e. The Balaban J connectivity index is 2.13. The SMILES string of the molecule is COc1cc(OC2CCCCCC2)cc(C(N)=S)c1.